The van der Waals surface area contributed by atoms with Crippen LogP contribution in [0.3, 0.4) is 0 Å². The van der Waals surface area contributed by atoms with Gasteiger partial charge in [0.1, 0.15) is 0 Å². The predicted octanol–water partition coefficient (Wildman–Crippen LogP) is 2.04. The maximum atomic E-state index is 13.4. The number of hydrogen-bond donors (Lipinski definition) is 2. The lowest BCUT2D eigenvalue weighted by atomic mass is 10.1. The largest absolute Gasteiger partial charge is 0.394 e. The maximum absolute atomic E-state index is 13.4. The van der Waals surface area contributed by atoms with Crippen LogP contribution >= 0.6 is 11.3 Å². The molecular weight excluding hydrogens is 398 g/mol. The summed E-state index contributed by atoms with van der Waals surface area (Å²) in [5.74, 6) is -0.641. The average molecular weight is 418 g/mol. The molecule has 0 fully saturated rings. The molecular formula is C19H19N3O4S2. The molecule has 0 saturated carbocycles. The van der Waals surface area contributed by atoms with Crippen LogP contribution in [-0.2, 0) is 16.4 Å². The molecule has 0 radical (unpaired) electrons. The Labute approximate surface area is 167 Å². The fourth-order valence-corrected chi connectivity index (χ4v) is 5.33. The first kappa shape index (κ1) is 20.0. The summed E-state index contributed by atoms with van der Waals surface area (Å²) in [7, 11) is -4.03. The highest BCUT2D eigenvalue weighted by Gasteiger charge is 2.33. The number of thiazole rings is 1. The highest BCUT2D eigenvalue weighted by Crippen LogP contribution is 2.29. The van der Waals surface area contributed by atoms with Crippen LogP contribution in [0.4, 0.5) is 5.13 Å². The van der Waals surface area contributed by atoms with Crippen molar-refractivity contribution in [2.24, 2.45) is 5.73 Å². The van der Waals surface area contributed by atoms with Crippen LogP contribution in [0.15, 0.2) is 71.1 Å². The molecule has 3 aromatic rings. The zero-order valence-corrected chi connectivity index (χ0v) is 16.4. The molecule has 1 heterocycles. The number of sulfonamides is 1. The van der Waals surface area contributed by atoms with Gasteiger partial charge in [-0.1, -0.05) is 30.3 Å². The van der Waals surface area contributed by atoms with Gasteiger partial charge in [-0.2, -0.15) is 0 Å². The van der Waals surface area contributed by atoms with Crippen molar-refractivity contribution in [2.45, 2.75) is 17.4 Å². The lowest BCUT2D eigenvalue weighted by Gasteiger charge is -2.29. The number of primary amides is 1. The maximum Gasteiger partial charge on any atom is 0.266 e. The molecule has 1 amide bonds. The third-order valence-corrected chi connectivity index (χ3v) is 6.90. The molecule has 0 saturated heterocycles. The summed E-state index contributed by atoms with van der Waals surface area (Å²) < 4.78 is 27.9. The summed E-state index contributed by atoms with van der Waals surface area (Å²) >= 11 is 1.17. The SMILES string of the molecule is NC(=O)c1ccc(S(=O)(=O)N(c2nccs2)[C@H](CO)Cc2ccccc2)cc1. The first-order chi connectivity index (χ1) is 13.4. The van der Waals surface area contributed by atoms with E-state index < -0.39 is 22.0 Å². The van der Waals surface area contributed by atoms with Gasteiger partial charge in [0.2, 0.25) is 5.91 Å². The van der Waals surface area contributed by atoms with E-state index in [1.54, 1.807) is 5.38 Å². The van der Waals surface area contributed by atoms with Gasteiger partial charge in [-0.25, -0.2) is 17.7 Å². The third kappa shape index (κ3) is 4.22. The minimum Gasteiger partial charge on any atom is -0.394 e. The fraction of sp³-hybridized carbons (Fsp3) is 0.158. The molecule has 1 atom stereocenters. The van der Waals surface area contributed by atoms with Gasteiger partial charge in [0, 0.05) is 17.1 Å². The molecule has 0 aliphatic carbocycles. The molecule has 28 heavy (non-hydrogen) atoms. The van der Waals surface area contributed by atoms with Gasteiger partial charge in [-0.3, -0.25) is 4.79 Å². The second kappa shape index (κ2) is 8.51. The van der Waals surface area contributed by atoms with Crippen molar-refractivity contribution in [1.29, 1.82) is 0 Å². The van der Waals surface area contributed by atoms with E-state index >= 15 is 0 Å². The molecule has 2 aromatic carbocycles. The van der Waals surface area contributed by atoms with Crippen LogP contribution in [0.1, 0.15) is 15.9 Å². The Morgan fingerprint density at radius 1 is 1.14 bits per heavy atom. The van der Waals surface area contributed by atoms with E-state index in [0.717, 1.165) is 9.87 Å². The molecule has 0 spiro atoms. The number of aliphatic hydroxyl groups is 1. The summed E-state index contributed by atoms with van der Waals surface area (Å²) in [6, 6.07) is 14.0. The van der Waals surface area contributed by atoms with Crippen molar-refractivity contribution in [2.75, 3.05) is 10.9 Å². The van der Waals surface area contributed by atoms with Gasteiger partial charge in [0.05, 0.1) is 17.5 Å². The number of rotatable bonds is 8. The third-order valence-electron chi connectivity index (χ3n) is 4.16. The first-order valence-corrected chi connectivity index (χ1v) is 10.7. The second-order valence-corrected chi connectivity index (χ2v) is 8.72. The molecule has 3 N–H and O–H groups in total. The molecule has 0 bridgehead atoms. The van der Waals surface area contributed by atoms with E-state index in [1.165, 1.54) is 41.8 Å². The van der Waals surface area contributed by atoms with Crippen molar-refractivity contribution < 1.29 is 18.3 Å². The summed E-state index contributed by atoms with van der Waals surface area (Å²) in [4.78, 5) is 15.4. The Hall–Kier alpha value is -2.75. The van der Waals surface area contributed by atoms with Crippen LogP contribution in [0.2, 0.25) is 0 Å². The molecule has 0 aliphatic rings. The summed E-state index contributed by atoms with van der Waals surface area (Å²) in [6.45, 7) is -0.382. The zero-order valence-electron chi connectivity index (χ0n) is 14.8. The lowest BCUT2D eigenvalue weighted by Crippen LogP contribution is -2.44. The van der Waals surface area contributed by atoms with E-state index in [9.17, 15) is 18.3 Å². The number of nitrogens with zero attached hydrogens (tertiary/aromatic N) is 2. The Morgan fingerprint density at radius 3 is 2.36 bits per heavy atom. The number of benzene rings is 2. The second-order valence-electron chi connectivity index (χ2n) is 6.03. The molecule has 146 valence electrons. The molecule has 1 aromatic heterocycles. The van der Waals surface area contributed by atoms with Gasteiger partial charge in [0.25, 0.3) is 10.0 Å². The van der Waals surface area contributed by atoms with Gasteiger partial charge >= 0.3 is 0 Å². The van der Waals surface area contributed by atoms with Gasteiger partial charge < -0.3 is 10.8 Å². The minimum atomic E-state index is -4.03. The minimum absolute atomic E-state index is 0.0146. The average Bonchev–Trinajstić information content (AvgIpc) is 3.22. The van der Waals surface area contributed by atoms with Crippen LogP contribution < -0.4 is 10.0 Å². The van der Waals surface area contributed by atoms with E-state index in [0.29, 0.717) is 6.42 Å². The van der Waals surface area contributed by atoms with E-state index in [1.807, 2.05) is 30.3 Å². The Bertz CT molecular complexity index is 1020. The molecule has 0 unspecified atom stereocenters. The summed E-state index contributed by atoms with van der Waals surface area (Å²) in [5.41, 5.74) is 6.33. The number of anilines is 1. The number of hydrogen-bond acceptors (Lipinski definition) is 6. The monoisotopic (exact) mass is 417 g/mol. The summed E-state index contributed by atoms with van der Waals surface area (Å²) in [6.07, 6.45) is 1.82. The lowest BCUT2D eigenvalue weighted by molar-refractivity contribution is 0.1000. The van der Waals surface area contributed by atoms with Crippen molar-refractivity contribution in [3.05, 3.63) is 77.3 Å². The standard InChI is InChI=1S/C19H19N3O4S2/c20-18(24)15-6-8-17(9-7-15)28(25,26)22(19-21-10-11-27-19)16(13-23)12-14-4-2-1-3-5-14/h1-11,16,23H,12-13H2,(H2,20,24)/t16-/m0/s1. The number of carbonyl (C=O) groups excluding carboxylic acids is 1. The van der Waals surface area contributed by atoms with Crippen molar-refractivity contribution in [3.8, 4) is 0 Å². The highest BCUT2D eigenvalue weighted by atomic mass is 32.2. The fourth-order valence-electron chi connectivity index (χ4n) is 2.79. The molecule has 9 heteroatoms. The van der Waals surface area contributed by atoms with Crippen molar-refractivity contribution >= 4 is 32.4 Å². The van der Waals surface area contributed by atoms with Crippen LogP contribution in [0, 0.1) is 0 Å². The Balaban J connectivity index is 2.02. The van der Waals surface area contributed by atoms with Gasteiger partial charge in [0.15, 0.2) is 5.13 Å². The number of carbonyl (C=O) groups is 1. The smallest absolute Gasteiger partial charge is 0.266 e. The molecule has 3 rings (SSSR count). The van der Waals surface area contributed by atoms with Gasteiger partial charge in [-0.15, -0.1) is 11.3 Å². The van der Waals surface area contributed by atoms with Crippen molar-refractivity contribution in [3.63, 3.8) is 0 Å². The van der Waals surface area contributed by atoms with Crippen LogP contribution in [0.25, 0.3) is 0 Å². The zero-order chi connectivity index (χ0) is 20.1. The quantitative estimate of drug-likeness (QED) is 0.582. The topological polar surface area (TPSA) is 114 Å². The summed E-state index contributed by atoms with van der Waals surface area (Å²) in [5, 5.41) is 11.9. The number of nitrogens with two attached hydrogens (primary N) is 1. The van der Waals surface area contributed by atoms with E-state index in [2.05, 4.69) is 4.98 Å². The normalized spacial score (nSPS) is 12.5. The number of aromatic nitrogens is 1. The van der Waals surface area contributed by atoms with Crippen molar-refractivity contribution in [1.82, 2.24) is 4.98 Å². The van der Waals surface area contributed by atoms with E-state index in [-0.39, 0.29) is 22.2 Å². The first-order valence-electron chi connectivity index (χ1n) is 8.42. The Morgan fingerprint density at radius 2 is 1.82 bits per heavy atom. The van der Waals surface area contributed by atoms with E-state index in [4.69, 9.17) is 5.73 Å². The van der Waals surface area contributed by atoms with Gasteiger partial charge in [-0.05, 0) is 36.2 Å². The molecule has 0 aliphatic heterocycles. The highest BCUT2D eigenvalue weighted by molar-refractivity contribution is 7.93. The Kier molecular flexibility index (Phi) is 6.08. The number of aliphatic hydroxyl groups excluding tert-OH is 1. The number of amides is 1. The molecule has 7 nitrogen and oxygen atoms in total. The van der Waals surface area contributed by atoms with Crippen LogP contribution in [-0.4, -0.2) is 37.1 Å². The predicted molar refractivity (Wildman–Crippen MR) is 108 cm³/mol. The van der Waals surface area contributed by atoms with Crippen LogP contribution in [0.5, 0.6) is 0 Å².